The summed E-state index contributed by atoms with van der Waals surface area (Å²) in [6, 6.07) is 0. The van der Waals surface area contributed by atoms with Gasteiger partial charge < -0.3 is 19.3 Å². The van der Waals surface area contributed by atoms with Crippen LogP contribution in [0.4, 0.5) is 0 Å². The fraction of sp³-hybridized carbons (Fsp3) is 0.940. The molecule has 0 saturated heterocycles. The van der Waals surface area contributed by atoms with E-state index in [-0.39, 0.29) is 23.9 Å². The smallest absolute Gasteiger partial charge is 0.306 e. The maximum absolute atomic E-state index is 12.8. The Balaban J connectivity index is 4.37. The van der Waals surface area contributed by atoms with Crippen molar-refractivity contribution < 1.29 is 23.9 Å². The summed E-state index contributed by atoms with van der Waals surface area (Å²) in [5.41, 5.74) is 0. The molecule has 0 aromatic heterocycles. The van der Waals surface area contributed by atoms with Crippen molar-refractivity contribution in [2.75, 3.05) is 40.3 Å². The number of hydrogen-bond donors (Lipinski definition) is 0. The van der Waals surface area contributed by atoms with Gasteiger partial charge >= 0.3 is 11.9 Å². The molecule has 0 radical (unpaired) electrons. The SMILES string of the molecule is CCCCCCCCCOC(=O)CCCCCCCN(CCCCCCCC(=O)OC(CCCCCCCC)CCCCCCCCC)CCCCC(=O)N(C)C. The van der Waals surface area contributed by atoms with E-state index in [1.807, 2.05) is 14.1 Å². The number of esters is 2. The summed E-state index contributed by atoms with van der Waals surface area (Å²) in [6.45, 7) is 10.6. The summed E-state index contributed by atoms with van der Waals surface area (Å²) in [7, 11) is 3.67. The molecule has 0 N–H and O–H groups in total. The van der Waals surface area contributed by atoms with Gasteiger partial charge in [-0.2, -0.15) is 0 Å². The molecular weight excluding hydrogens is 709 g/mol. The minimum absolute atomic E-state index is 0.0200. The fourth-order valence-electron chi connectivity index (χ4n) is 7.75. The Morgan fingerprint density at radius 1 is 0.404 bits per heavy atom. The predicted octanol–water partition coefficient (Wildman–Crippen LogP) is 14.3. The van der Waals surface area contributed by atoms with E-state index in [4.69, 9.17) is 9.47 Å². The average Bonchev–Trinajstić information content (AvgIpc) is 3.19. The van der Waals surface area contributed by atoms with Gasteiger partial charge in [0, 0.05) is 33.4 Å². The van der Waals surface area contributed by atoms with E-state index in [1.54, 1.807) is 4.90 Å². The van der Waals surface area contributed by atoms with E-state index in [0.717, 1.165) is 83.8 Å². The molecular formula is C50H98N2O5. The van der Waals surface area contributed by atoms with Crippen LogP contribution in [0.25, 0.3) is 0 Å². The fourth-order valence-corrected chi connectivity index (χ4v) is 7.75. The van der Waals surface area contributed by atoms with Gasteiger partial charge in [-0.25, -0.2) is 0 Å². The molecule has 0 aliphatic rings. The zero-order valence-electron chi connectivity index (χ0n) is 39.0. The summed E-state index contributed by atoms with van der Waals surface area (Å²) < 4.78 is 11.5. The molecule has 7 nitrogen and oxygen atoms in total. The van der Waals surface area contributed by atoms with Crippen molar-refractivity contribution in [2.45, 2.75) is 264 Å². The van der Waals surface area contributed by atoms with E-state index >= 15 is 0 Å². The van der Waals surface area contributed by atoms with Crippen LogP contribution in [0.15, 0.2) is 0 Å². The summed E-state index contributed by atoms with van der Waals surface area (Å²) in [5, 5.41) is 0. The van der Waals surface area contributed by atoms with Gasteiger partial charge in [-0.05, 0) is 90.3 Å². The lowest BCUT2D eigenvalue weighted by atomic mass is 10.0. The van der Waals surface area contributed by atoms with Crippen LogP contribution in [0.5, 0.6) is 0 Å². The van der Waals surface area contributed by atoms with E-state index in [0.29, 0.717) is 25.9 Å². The quantitative estimate of drug-likeness (QED) is 0.0451. The molecule has 1 unspecified atom stereocenters. The van der Waals surface area contributed by atoms with Crippen LogP contribution in [0.3, 0.4) is 0 Å². The molecule has 338 valence electrons. The normalized spacial score (nSPS) is 12.0. The molecule has 0 aromatic carbocycles. The molecule has 0 saturated carbocycles. The molecule has 1 amide bonds. The van der Waals surface area contributed by atoms with Crippen molar-refractivity contribution in [2.24, 2.45) is 0 Å². The van der Waals surface area contributed by atoms with Crippen molar-refractivity contribution in [1.82, 2.24) is 9.80 Å². The monoisotopic (exact) mass is 807 g/mol. The molecule has 0 aliphatic heterocycles. The highest BCUT2D eigenvalue weighted by Gasteiger charge is 2.15. The van der Waals surface area contributed by atoms with Crippen molar-refractivity contribution in [3.63, 3.8) is 0 Å². The lowest BCUT2D eigenvalue weighted by Gasteiger charge is -2.22. The first kappa shape index (κ1) is 55.4. The number of carbonyl (C=O) groups excluding carboxylic acids is 3. The number of hydrogen-bond acceptors (Lipinski definition) is 6. The van der Waals surface area contributed by atoms with E-state index in [1.165, 1.54) is 154 Å². The highest BCUT2D eigenvalue weighted by atomic mass is 16.5. The van der Waals surface area contributed by atoms with Gasteiger partial charge in [-0.15, -0.1) is 0 Å². The van der Waals surface area contributed by atoms with Gasteiger partial charge in [0.2, 0.25) is 5.91 Å². The third-order valence-corrected chi connectivity index (χ3v) is 11.6. The van der Waals surface area contributed by atoms with Crippen LogP contribution in [-0.2, 0) is 23.9 Å². The van der Waals surface area contributed by atoms with E-state index < -0.39 is 0 Å². The van der Waals surface area contributed by atoms with Gasteiger partial charge in [0.1, 0.15) is 6.10 Å². The lowest BCUT2D eigenvalue weighted by molar-refractivity contribution is -0.150. The molecule has 0 spiro atoms. The number of amides is 1. The van der Waals surface area contributed by atoms with E-state index in [9.17, 15) is 14.4 Å². The first-order valence-electron chi connectivity index (χ1n) is 25.1. The standard InChI is InChI=1S/C50H98N2O5/c1-6-9-12-15-18-23-30-39-47(38-29-22-17-14-11-8-3)57-50(55)42-32-25-21-27-35-44-52(45-36-33-40-48(53)51(4)5)43-34-26-20-24-31-41-49(54)56-46-37-28-19-16-13-10-7-2/h47H,6-46H2,1-5H3. The van der Waals surface area contributed by atoms with Gasteiger partial charge in [0.25, 0.3) is 0 Å². The second-order valence-corrected chi connectivity index (χ2v) is 17.5. The molecule has 0 rings (SSSR count). The topological polar surface area (TPSA) is 76.1 Å². The van der Waals surface area contributed by atoms with Gasteiger partial charge in [-0.1, -0.05) is 168 Å². The Hall–Kier alpha value is -1.63. The molecule has 0 fully saturated rings. The molecule has 1 atom stereocenters. The van der Waals surface area contributed by atoms with E-state index in [2.05, 4.69) is 25.7 Å². The van der Waals surface area contributed by atoms with Crippen LogP contribution < -0.4 is 0 Å². The summed E-state index contributed by atoms with van der Waals surface area (Å²) in [4.78, 5) is 41.3. The zero-order valence-corrected chi connectivity index (χ0v) is 39.0. The molecule has 7 heteroatoms. The third kappa shape index (κ3) is 40.9. The molecule has 0 bridgehead atoms. The Morgan fingerprint density at radius 3 is 1.21 bits per heavy atom. The molecule has 57 heavy (non-hydrogen) atoms. The number of carbonyl (C=O) groups is 3. The first-order chi connectivity index (χ1) is 27.8. The highest BCUT2D eigenvalue weighted by molar-refractivity contribution is 5.75. The number of rotatable bonds is 45. The van der Waals surface area contributed by atoms with Crippen LogP contribution in [-0.4, -0.2) is 74.1 Å². The summed E-state index contributed by atoms with van der Waals surface area (Å²) in [5.74, 6) is 0.210. The van der Waals surface area contributed by atoms with Crippen molar-refractivity contribution in [3.8, 4) is 0 Å². The summed E-state index contributed by atoms with van der Waals surface area (Å²) >= 11 is 0. The van der Waals surface area contributed by atoms with Gasteiger partial charge in [0.15, 0.2) is 0 Å². The van der Waals surface area contributed by atoms with Crippen molar-refractivity contribution >= 4 is 17.8 Å². The minimum atomic E-state index is -0.0265. The van der Waals surface area contributed by atoms with Crippen molar-refractivity contribution in [1.29, 1.82) is 0 Å². The van der Waals surface area contributed by atoms with Crippen LogP contribution in [0.1, 0.15) is 258 Å². The maximum Gasteiger partial charge on any atom is 0.306 e. The number of unbranched alkanes of at least 4 members (excludes halogenated alkanes) is 26. The second kappa shape index (κ2) is 43.9. The predicted molar refractivity (Wildman–Crippen MR) is 244 cm³/mol. The molecule has 0 aromatic rings. The van der Waals surface area contributed by atoms with Gasteiger partial charge in [-0.3, -0.25) is 14.4 Å². The van der Waals surface area contributed by atoms with Crippen LogP contribution in [0, 0.1) is 0 Å². The Labute approximate surface area is 355 Å². The first-order valence-corrected chi connectivity index (χ1v) is 25.1. The number of ether oxygens (including phenoxy) is 2. The Morgan fingerprint density at radius 2 is 0.754 bits per heavy atom. The summed E-state index contributed by atoms with van der Waals surface area (Å²) in [6.07, 6.45) is 42.5. The molecule has 0 aliphatic carbocycles. The second-order valence-electron chi connectivity index (χ2n) is 17.5. The minimum Gasteiger partial charge on any atom is -0.466 e. The lowest BCUT2D eigenvalue weighted by Crippen LogP contribution is -2.28. The third-order valence-electron chi connectivity index (χ3n) is 11.6. The zero-order chi connectivity index (χ0) is 41.9. The highest BCUT2D eigenvalue weighted by Crippen LogP contribution is 2.19. The Bertz CT molecular complexity index is 881. The maximum atomic E-state index is 12.8. The number of nitrogens with zero attached hydrogens (tertiary/aromatic N) is 2. The largest absolute Gasteiger partial charge is 0.466 e. The van der Waals surface area contributed by atoms with Crippen molar-refractivity contribution in [3.05, 3.63) is 0 Å². The van der Waals surface area contributed by atoms with Crippen LogP contribution >= 0.6 is 0 Å². The Kier molecular flexibility index (Phi) is 42.7. The van der Waals surface area contributed by atoms with Crippen LogP contribution in [0.2, 0.25) is 0 Å². The average molecular weight is 807 g/mol. The molecule has 0 heterocycles. The van der Waals surface area contributed by atoms with Gasteiger partial charge in [0.05, 0.1) is 6.61 Å².